The van der Waals surface area contributed by atoms with Crippen LogP contribution in [0.5, 0.6) is 0 Å². The summed E-state index contributed by atoms with van der Waals surface area (Å²) in [6.45, 7) is 3.17. The van der Waals surface area contributed by atoms with Gasteiger partial charge in [0.15, 0.2) is 0 Å². The van der Waals surface area contributed by atoms with E-state index in [-0.39, 0.29) is 34.5 Å². The Kier molecular flexibility index (Phi) is 7.43. The number of hydrogen-bond donors (Lipinski definition) is 1. The van der Waals surface area contributed by atoms with Crippen molar-refractivity contribution in [2.45, 2.75) is 26.5 Å². The van der Waals surface area contributed by atoms with E-state index in [0.29, 0.717) is 5.56 Å². The van der Waals surface area contributed by atoms with Crippen molar-refractivity contribution in [3.63, 3.8) is 0 Å². The number of carbonyl (C=O) groups is 2. The van der Waals surface area contributed by atoms with Crippen molar-refractivity contribution >= 4 is 34.9 Å². The fraction of sp³-hybridized carbons (Fsp3) is 0.263. The molecule has 0 heterocycles. The number of amides is 1. The van der Waals surface area contributed by atoms with Crippen molar-refractivity contribution in [2.75, 3.05) is 0 Å². The molecule has 30 heavy (non-hydrogen) atoms. The molecule has 0 unspecified atom stereocenters. The van der Waals surface area contributed by atoms with Crippen LogP contribution in [0.1, 0.15) is 29.8 Å². The van der Waals surface area contributed by atoms with Crippen LogP contribution in [0.4, 0.5) is 11.4 Å². The molecule has 0 saturated heterocycles. The van der Waals surface area contributed by atoms with Crippen LogP contribution in [-0.2, 0) is 16.1 Å². The van der Waals surface area contributed by atoms with Gasteiger partial charge in [0.05, 0.1) is 20.4 Å². The summed E-state index contributed by atoms with van der Waals surface area (Å²) in [5, 5.41) is 24.0. The third-order valence-corrected chi connectivity index (χ3v) is 4.43. The minimum absolute atomic E-state index is 0.0283. The molecule has 1 N–H and O–H groups in total. The fourth-order valence-corrected chi connectivity index (χ4v) is 2.78. The number of hydrogen-bond acceptors (Lipinski definition) is 7. The molecule has 0 aliphatic rings. The first kappa shape index (κ1) is 22.8. The number of benzene rings is 2. The standard InChI is InChI=1S/C19H18ClN3O7/c1-11(2)17(19(25)30-10-12-4-3-5-13(8-12)22(26)27)21-18(24)15-7-6-14(23(28)29)9-16(15)20/h3-9,11,17H,10H2,1-2H3,(H,21,24)/t17-/m0/s1. The molecule has 1 amide bonds. The molecule has 0 fully saturated rings. The van der Waals surface area contributed by atoms with Gasteiger partial charge in [-0.3, -0.25) is 25.0 Å². The fourth-order valence-electron chi connectivity index (χ4n) is 2.52. The summed E-state index contributed by atoms with van der Waals surface area (Å²) in [6, 6.07) is 7.99. The number of carbonyl (C=O) groups excluding carboxylic acids is 2. The normalized spacial score (nSPS) is 11.6. The van der Waals surface area contributed by atoms with Crippen LogP contribution >= 0.6 is 11.6 Å². The van der Waals surface area contributed by atoms with E-state index < -0.39 is 27.8 Å². The first-order valence-corrected chi connectivity index (χ1v) is 9.12. The third kappa shape index (κ3) is 5.74. The van der Waals surface area contributed by atoms with Crippen LogP contribution in [0, 0.1) is 26.1 Å². The SMILES string of the molecule is CC(C)[C@H](NC(=O)c1ccc([N+](=O)[O-])cc1Cl)C(=O)OCc1cccc([N+](=O)[O-])c1. The molecule has 0 aliphatic carbocycles. The second kappa shape index (κ2) is 9.79. The molecule has 0 aliphatic heterocycles. The Morgan fingerprint density at radius 1 is 1.07 bits per heavy atom. The highest BCUT2D eigenvalue weighted by Crippen LogP contribution is 2.23. The Morgan fingerprint density at radius 2 is 1.70 bits per heavy atom. The molecule has 2 aromatic rings. The van der Waals surface area contributed by atoms with E-state index in [2.05, 4.69) is 5.32 Å². The van der Waals surface area contributed by atoms with Crippen molar-refractivity contribution in [2.24, 2.45) is 5.92 Å². The molecule has 0 saturated carbocycles. The van der Waals surface area contributed by atoms with Gasteiger partial charge >= 0.3 is 5.97 Å². The van der Waals surface area contributed by atoms with Gasteiger partial charge in [-0.05, 0) is 17.5 Å². The Bertz CT molecular complexity index is 994. The second-order valence-corrected chi connectivity index (χ2v) is 7.06. The van der Waals surface area contributed by atoms with Gasteiger partial charge in [-0.2, -0.15) is 0 Å². The van der Waals surface area contributed by atoms with E-state index in [1.807, 2.05) is 0 Å². The van der Waals surface area contributed by atoms with E-state index in [9.17, 15) is 29.8 Å². The van der Waals surface area contributed by atoms with Gasteiger partial charge in [0.2, 0.25) is 0 Å². The van der Waals surface area contributed by atoms with E-state index in [4.69, 9.17) is 16.3 Å². The minimum atomic E-state index is -1.03. The smallest absolute Gasteiger partial charge is 0.329 e. The van der Waals surface area contributed by atoms with Crippen LogP contribution in [0.15, 0.2) is 42.5 Å². The van der Waals surface area contributed by atoms with Gasteiger partial charge in [-0.1, -0.05) is 37.6 Å². The van der Waals surface area contributed by atoms with Gasteiger partial charge in [0, 0.05) is 24.3 Å². The molecule has 0 aromatic heterocycles. The summed E-state index contributed by atoms with van der Waals surface area (Å²) in [4.78, 5) is 45.4. The Balaban J connectivity index is 2.09. The summed E-state index contributed by atoms with van der Waals surface area (Å²) in [7, 11) is 0. The molecule has 1 atom stereocenters. The van der Waals surface area contributed by atoms with Gasteiger partial charge < -0.3 is 10.1 Å². The number of nitrogens with zero attached hydrogens (tertiary/aromatic N) is 2. The zero-order valence-corrected chi connectivity index (χ0v) is 16.8. The summed E-state index contributed by atoms with van der Waals surface area (Å²) in [6.07, 6.45) is 0. The lowest BCUT2D eigenvalue weighted by Gasteiger charge is -2.21. The number of esters is 1. The number of nitrogens with one attached hydrogen (secondary N) is 1. The topological polar surface area (TPSA) is 142 Å². The summed E-state index contributed by atoms with van der Waals surface area (Å²) in [5.74, 6) is -1.77. The van der Waals surface area contributed by atoms with Gasteiger partial charge in [-0.25, -0.2) is 4.79 Å². The summed E-state index contributed by atoms with van der Waals surface area (Å²) >= 11 is 5.96. The number of ether oxygens (including phenoxy) is 1. The van der Waals surface area contributed by atoms with E-state index in [1.165, 1.54) is 24.3 Å². The lowest BCUT2D eigenvalue weighted by molar-refractivity contribution is -0.385. The van der Waals surface area contributed by atoms with Crippen LogP contribution in [0.25, 0.3) is 0 Å². The first-order chi connectivity index (χ1) is 14.1. The number of rotatable bonds is 8. The average molecular weight is 436 g/mol. The third-order valence-electron chi connectivity index (χ3n) is 4.12. The van der Waals surface area contributed by atoms with Crippen molar-refractivity contribution in [1.82, 2.24) is 5.32 Å². The highest BCUT2D eigenvalue weighted by molar-refractivity contribution is 6.34. The van der Waals surface area contributed by atoms with Gasteiger partial charge in [0.25, 0.3) is 17.3 Å². The zero-order chi connectivity index (χ0) is 22.4. The first-order valence-electron chi connectivity index (χ1n) is 8.75. The number of halogens is 1. The zero-order valence-electron chi connectivity index (χ0n) is 16.0. The maximum Gasteiger partial charge on any atom is 0.329 e. The van der Waals surface area contributed by atoms with E-state index >= 15 is 0 Å². The minimum Gasteiger partial charge on any atom is -0.459 e. The lowest BCUT2D eigenvalue weighted by Crippen LogP contribution is -2.45. The number of non-ortho nitro benzene ring substituents is 2. The Labute approximate surface area is 176 Å². The van der Waals surface area contributed by atoms with Crippen molar-refractivity contribution in [3.8, 4) is 0 Å². The van der Waals surface area contributed by atoms with Gasteiger partial charge in [-0.15, -0.1) is 0 Å². The highest BCUT2D eigenvalue weighted by Gasteiger charge is 2.27. The molecule has 158 valence electrons. The van der Waals surface area contributed by atoms with Crippen LogP contribution < -0.4 is 5.32 Å². The molecular weight excluding hydrogens is 418 g/mol. The number of nitro benzene ring substituents is 2. The van der Waals surface area contributed by atoms with Crippen LogP contribution in [0.2, 0.25) is 5.02 Å². The molecule has 2 rings (SSSR count). The maximum absolute atomic E-state index is 12.5. The maximum atomic E-state index is 12.5. The summed E-state index contributed by atoms with van der Waals surface area (Å²) in [5.41, 5.74) is -0.0115. The molecule has 0 spiro atoms. The molecule has 0 bridgehead atoms. The van der Waals surface area contributed by atoms with Crippen molar-refractivity contribution < 1.29 is 24.2 Å². The monoisotopic (exact) mass is 435 g/mol. The molecule has 0 radical (unpaired) electrons. The summed E-state index contributed by atoms with van der Waals surface area (Å²) < 4.78 is 5.21. The average Bonchev–Trinajstić information content (AvgIpc) is 2.69. The Hall–Kier alpha value is -3.53. The molecule has 11 heteroatoms. The largest absolute Gasteiger partial charge is 0.459 e. The van der Waals surface area contributed by atoms with Crippen LogP contribution in [-0.4, -0.2) is 27.8 Å². The van der Waals surface area contributed by atoms with E-state index in [0.717, 1.165) is 12.1 Å². The van der Waals surface area contributed by atoms with Crippen LogP contribution in [0.3, 0.4) is 0 Å². The Morgan fingerprint density at radius 3 is 2.27 bits per heavy atom. The lowest BCUT2D eigenvalue weighted by atomic mass is 10.0. The highest BCUT2D eigenvalue weighted by atomic mass is 35.5. The predicted octanol–water partition coefficient (Wildman–Crippen LogP) is 3.65. The molecule has 10 nitrogen and oxygen atoms in total. The molecule has 2 aromatic carbocycles. The second-order valence-electron chi connectivity index (χ2n) is 6.65. The predicted molar refractivity (Wildman–Crippen MR) is 107 cm³/mol. The molecular formula is C19H18ClN3O7. The van der Waals surface area contributed by atoms with E-state index in [1.54, 1.807) is 19.9 Å². The quantitative estimate of drug-likeness (QED) is 0.378. The van der Waals surface area contributed by atoms with Gasteiger partial charge in [0.1, 0.15) is 12.6 Å². The van der Waals surface area contributed by atoms with Crippen molar-refractivity contribution in [1.29, 1.82) is 0 Å². The number of nitro groups is 2. The van der Waals surface area contributed by atoms with Crippen molar-refractivity contribution in [3.05, 3.63) is 78.8 Å².